The number of rotatable bonds is 4. The molecule has 0 spiro atoms. The Bertz CT molecular complexity index is 705. The summed E-state index contributed by atoms with van der Waals surface area (Å²) in [6, 6.07) is 9.09. The molecule has 106 valence electrons. The van der Waals surface area contributed by atoms with E-state index in [0.717, 1.165) is 16.1 Å². The third-order valence-corrected chi connectivity index (χ3v) is 4.68. The fraction of sp³-hybridized carbons (Fsp3) is 0.154. The summed E-state index contributed by atoms with van der Waals surface area (Å²) in [5.41, 5.74) is 0.771. The third-order valence-electron chi connectivity index (χ3n) is 2.68. The van der Waals surface area contributed by atoms with E-state index in [1.165, 1.54) is 12.3 Å². The van der Waals surface area contributed by atoms with Gasteiger partial charge < -0.3 is 0 Å². The average Bonchev–Trinajstić information content (AvgIpc) is 2.39. The van der Waals surface area contributed by atoms with Crippen LogP contribution in [0.3, 0.4) is 0 Å². The first-order chi connectivity index (χ1) is 9.40. The molecule has 1 aromatic carbocycles. The van der Waals surface area contributed by atoms with Gasteiger partial charge in [-0.1, -0.05) is 28.1 Å². The van der Waals surface area contributed by atoms with Crippen LogP contribution in [0.1, 0.15) is 18.5 Å². The molecule has 0 saturated heterocycles. The van der Waals surface area contributed by atoms with Crippen LogP contribution in [0.15, 0.2) is 52.1 Å². The van der Waals surface area contributed by atoms with Gasteiger partial charge in [-0.3, -0.25) is 0 Å². The van der Waals surface area contributed by atoms with Crippen molar-refractivity contribution in [2.75, 3.05) is 0 Å². The molecule has 1 heterocycles. The Hall–Kier alpha value is -1.31. The zero-order valence-electron chi connectivity index (χ0n) is 10.5. The summed E-state index contributed by atoms with van der Waals surface area (Å²) in [6.45, 7) is 1.68. The molecule has 7 heteroatoms. The second-order valence-corrected chi connectivity index (χ2v) is 6.73. The Kier molecular flexibility index (Phi) is 4.52. The minimum Gasteiger partial charge on any atom is -0.241 e. The molecule has 0 bridgehead atoms. The highest BCUT2D eigenvalue weighted by molar-refractivity contribution is 9.10. The summed E-state index contributed by atoms with van der Waals surface area (Å²) in [5.74, 6) is -0.872. The van der Waals surface area contributed by atoms with E-state index in [1.807, 2.05) is 12.1 Å². The van der Waals surface area contributed by atoms with Crippen molar-refractivity contribution in [2.24, 2.45) is 0 Å². The van der Waals surface area contributed by atoms with Crippen LogP contribution >= 0.6 is 15.9 Å². The molecular formula is C13H12BrFN2O2S. The minimum atomic E-state index is -4.00. The second-order valence-electron chi connectivity index (χ2n) is 4.18. The van der Waals surface area contributed by atoms with Crippen LogP contribution < -0.4 is 4.72 Å². The van der Waals surface area contributed by atoms with Crippen LogP contribution in [0.5, 0.6) is 0 Å². The highest BCUT2D eigenvalue weighted by Crippen LogP contribution is 2.19. The first-order valence-electron chi connectivity index (χ1n) is 5.78. The van der Waals surface area contributed by atoms with Crippen LogP contribution in [0.2, 0.25) is 0 Å². The lowest BCUT2D eigenvalue weighted by Gasteiger charge is -2.14. The Morgan fingerprint density at radius 1 is 1.25 bits per heavy atom. The fourth-order valence-electron chi connectivity index (χ4n) is 1.68. The summed E-state index contributed by atoms with van der Waals surface area (Å²) in [5, 5.41) is -0.594. The molecule has 0 aliphatic carbocycles. The van der Waals surface area contributed by atoms with Gasteiger partial charge in [0.15, 0.2) is 5.82 Å². The molecule has 20 heavy (non-hydrogen) atoms. The van der Waals surface area contributed by atoms with Crippen molar-refractivity contribution in [3.05, 3.63) is 58.4 Å². The lowest BCUT2D eigenvalue weighted by Crippen LogP contribution is -2.28. The number of aromatic nitrogens is 1. The van der Waals surface area contributed by atoms with E-state index in [9.17, 15) is 12.8 Å². The van der Waals surface area contributed by atoms with E-state index in [-0.39, 0.29) is 0 Å². The maximum atomic E-state index is 13.5. The van der Waals surface area contributed by atoms with Crippen LogP contribution in [0.25, 0.3) is 0 Å². The minimum absolute atomic E-state index is 0.491. The predicted octanol–water partition coefficient (Wildman–Crippen LogP) is 3.02. The number of halogens is 2. The van der Waals surface area contributed by atoms with Crippen LogP contribution in [-0.4, -0.2) is 13.4 Å². The largest absolute Gasteiger partial charge is 0.261 e. The van der Waals surface area contributed by atoms with Gasteiger partial charge in [-0.25, -0.2) is 22.5 Å². The van der Waals surface area contributed by atoms with Gasteiger partial charge in [0.2, 0.25) is 5.03 Å². The molecule has 0 radical (unpaired) electrons. The lowest BCUT2D eigenvalue weighted by atomic mass is 10.1. The molecule has 0 saturated carbocycles. The Balaban J connectivity index is 2.24. The maximum absolute atomic E-state index is 13.5. The fourth-order valence-corrected chi connectivity index (χ4v) is 3.18. The van der Waals surface area contributed by atoms with Crippen molar-refractivity contribution in [3.63, 3.8) is 0 Å². The van der Waals surface area contributed by atoms with Gasteiger partial charge in [0.1, 0.15) is 0 Å². The van der Waals surface area contributed by atoms with Gasteiger partial charge in [0, 0.05) is 16.7 Å². The number of nitrogens with zero attached hydrogens (tertiary/aromatic N) is 1. The topological polar surface area (TPSA) is 59.1 Å². The Labute approximate surface area is 125 Å². The second kappa shape index (κ2) is 5.99. The Morgan fingerprint density at radius 2 is 1.90 bits per heavy atom. The monoisotopic (exact) mass is 358 g/mol. The van der Waals surface area contributed by atoms with E-state index in [4.69, 9.17) is 0 Å². The summed E-state index contributed by atoms with van der Waals surface area (Å²) < 4.78 is 41.0. The van der Waals surface area contributed by atoms with Gasteiger partial charge in [-0.05, 0) is 36.8 Å². The predicted molar refractivity (Wildman–Crippen MR) is 77.1 cm³/mol. The van der Waals surface area contributed by atoms with Crippen molar-refractivity contribution >= 4 is 26.0 Å². The molecule has 0 amide bonds. The number of sulfonamides is 1. The van der Waals surface area contributed by atoms with Crippen molar-refractivity contribution in [1.82, 2.24) is 9.71 Å². The van der Waals surface area contributed by atoms with E-state index in [0.29, 0.717) is 0 Å². The number of nitrogens with one attached hydrogen (secondary N) is 1. The molecule has 1 atom stereocenters. The standard InChI is InChI=1S/C13H12BrFN2O2S/c1-9(10-4-6-11(14)7-5-10)17-20(18,19)13-12(15)3-2-8-16-13/h2-9,17H,1H3. The molecule has 1 unspecified atom stereocenters. The Morgan fingerprint density at radius 3 is 2.50 bits per heavy atom. The highest BCUT2D eigenvalue weighted by Gasteiger charge is 2.23. The van der Waals surface area contributed by atoms with Gasteiger partial charge in [0.25, 0.3) is 10.0 Å². The van der Waals surface area contributed by atoms with Crippen LogP contribution in [-0.2, 0) is 10.0 Å². The molecule has 2 rings (SSSR count). The van der Waals surface area contributed by atoms with Crippen molar-refractivity contribution < 1.29 is 12.8 Å². The van der Waals surface area contributed by atoms with E-state index >= 15 is 0 Å². The molecule has 1 aromatic heterocycles. The van der Waals surface area contributed by atoms with E-state index < -0.39 is 26.9 Å². The van der Waals surface area contributed by atoms with E-state index in [1.54, 1.807) is 19.1 Å². The first kappa shape index (κ1) is 15.1. The quantitative estimate of drug-likeness (QED) is 0.913. The third kappa shape index (κ3) is 3.41. The normalized spacial score (nSPS) is 13.2. The number of hydrogen-bond acceptors (Lipinski definition) is 3. The SMILES string of the molecule is CC(NS(=O)(=O)c1ncccc1F)c1ccc(Br)cc1. The average molecular weight is 359 g/mol. The summed E-state index contributed by atoms with van der Waals surface area (Å²) in [6.07, 6.45) is 1.24. The molecule has 4 nitrogen and oxygen atoms in total. The first-order valence-corrected chi connectivity index (χ1v) is 8.06. The van der Waals surface area contributed by atoms with E-state index in [2.05, 4.69) is 25.6 Å². The summed E-state index contributed by atoms with van der Waals surface area (Å²) in [7, 11) is -4.00. The number of benzene rings is 1. The van der Waals surface area contributed by atoms with Gasteiger partial charge in [-0.15, -0.1) is 0 Å². The number of pyridine rings is 1. The van der Waals surface area contributed by atoms with Crippen molar-refractivity contribution in [2.45, 2.75) is 18.0 Å². The molecule has 0 aliphatic heterocycles. The summed E-state index contributed by atoms with van der Waals surface area (Å²) in [4.78, 5) is 3.58. The molecular weight excluding hydrogens is 347 g/mol. The molecule has 0 aliphatic rings. The lowest BCUT2D eigenvalue weighted by molar-refractivity contribution is 0.536. The molecule has 2 aromatic rings. The van der Waals surface area contributed by atoms with Gasteiger partial charge in [0.05, 0.1) is 0 Å². The van der Waals surface area contributed by atoms with Crippen LogP contribution in [0.4, 0.5) is 4.39 Å². The van der Waals surface area contributed by atoms with Gasteiger partial charge in [-0.2, -0.15) is 0 Å². The van der Waals surface area contributed by atoms with Crippen molar-refractivity contribution in [3.8, 4) is 0 Å². The molecule has 0 fully saturated rings. The summed E-state index contributed by atoms with van der Waals surface area (Å²) >= 11 is 3.30. The maximum Gasteiger partial charge on any atom is 0.261 e. The zero-order valence-corrected chi connectivity index (χ0v) is 12.9. The van der Waals surface area contributed by atoms with Crippen LogP contribution in [0, 0.1) is 5.82 Å². The van der Waals surface area contributed by atoms with Crippen molar-refractivity contribution in [1.29, 1.82) is 0 Å². The van der Waals surface area contributed by atoms with Gasteiger partial charge >= 0.3 is 0 Å². The molecule has 1 N–H and O–H groups in total. The zero-order chi connectivity index (χ0) is 14.8. The highest BCUT2D eigenvalue weighted by atomic mass is 79.9. The number of hydrogen-bond donors (Lipinski definition) is 1. The smallest absolute Gasteiger partial charge is 0.241 e.